The monoisotopic (exact) mass is 328 g/mol. The lowest BCUT2D eigenvalue weighted by Crippen LogP contribution is -2.53. The molecule has 0 spiro atoms. The number of carbonyl (C=O) groups is 1. The van der Waals surface area contributed by atoms with Crippen molar-refractivity contribution in [1.29, 1.82) is 0 Å². The first-order valence-electron chi connectivity index (χ1n) is 6.41. The van der Waals surface area contributed by atoms with Gasteiger partial charge in [0, 0.05) is 5.92 Å². The highest BCUT2D eigenvalue weighted by molar-refractivity contribution is 7.86. The second kappa shape index (κ2) is 4.42. The Bertz CT molecular complexity index is 565. The minimum atomic E-state index is -5.63. The quantitative estimate of drug-likeness (QED) is 0.531. The number of carbonyl (C=O) groups excluding carboxylic acids is 1. The number of aldehydes is 1. The summed E-state index contributed by atoms with van der Waals surface area (Å²) < 4.78 is 66.4. The molecule has 6 unspecified atom stereocenters. The van der Waals surface area contributed by atoms with Crippen molar-refractivity contribution in [2.45, 2.75) is 36.1 Å². The summed E-state index contributed by atoms with van der Waals surface area (Å²) in [4.78, 5) is 11.4. The molecule has 6 atom stereocenters. The van der Waals surface area contributed by atoms with Crippen LogP contribution in [0.3, 0.4) is 0 Å². The van der Waals surface area contributed by atoms with Gasteiger partial charge in [-0.15, -0.1) is 0 Å². The molecule has 2 saturated carbocycles. The van der Waals surface area contributed by atoms with Crippen molar-refractivity contribution in [3.05, 3.63) is 0 Å². The van der Waals surface area contributed by atoms with Crippen molar-refractivity contribution < 1.29 is 41.1 Å². The van der Waals surface area contributed by atoms with Crippen LogP contribution in [0.4, 0.5) is 8.78 Å². The van der Waals surface area contributed by atoms with E-state index in [9.17, 15) is 27.1 Å². The van der Waals surface area contributed by atoms with E-state index >= 15 is 0 Å². The lowest BCUT2D eigenvalue weighted by Gasteiger charge is -2.36. The van der Waals surface area contributed by atoms with Gasteiger partial charge in [-0.05, 0) is 24.7 Å². The highest BCUT2D eigenvalue weighted by Crippen LogP contribution is 2.61. The van der Waals surface area contributed by atoms with Crippen LogP contribution in [0.5, 0.6) is 0 Å². The first kappa shape index (κ1) is 15.2. The second-order valence-corrected chi connectivity index (χ2v) is 7.36. The maximum absolute atomic E-state index is 13.3. The van der Waals surface area contributed by atoms with Crippen molar-refractivity contribution in [3.63, 3.8) is 0 Å². The van der Waals surface area contributed by atoms with E-state index in [1.165, 1.54) is 0 Å². The number of hydrogen-bond donors (Lipinski definition) is 2. The molecule has 21 heavy (non-hydrogen) atoms. The van der Waals surface area contributed by atoms with Gasteiger partial charge in [-0.1, -0.05) is 0 Å². The Morgan fingerprint density at radius 1 is 1.38 bits per heavy atom. The Labute approximate surface area is 119 Å². The SMILES string of the molecule is O=CC1(OCC(F)(F)S(=O)(=O)O)C2CC3C(O)OC1C3C2. The van der Waals surface area contributed by atoms with Gasteiger partial charge in [0.05, 0.1) is 6.10 Å². The third-order valence-corrected chi connectivity index (χ3v) is 5.71. The standard InChI is InChI=1S/C11H14F2O7S/c12-11(13,21(16,17)18)4-19-10(3-14)5-1-6-7(2-5)9(15)20-8(6)10/h3,5-9,15H,1-2,4H2,(H,16,17,18). The molecule has 3 aliphatic rings. The smallest absolute Gasteiger partial charge is 0.368 e. The number of alkyl halides is 2. The van der Waals surface area contributed by atoms with Crippen molar-refractivity contribution in [2.24, 2.45) is 17.8 Å². The number of rotatable bonds is 5. The number of fused-ring (bicyclic) bond motifs is 1. The van der Waals surface area contributed by atoms with E-state index in [1.54, 1.807) is 0 Å². The molecule has 0 radical (unpaired) electrons. The van der Waals surface area contributed by atoms with Crippen LogP contribution in [0.25, 0.3) is 0 Å². The van der Waals surface area contributed by atoms with Gasteiger partial charge in [0.2, 0.25) is 0 Å². The molecule has 10 heteroatoms. The van der Waals surface area contributed by atoms with Crippen LogP contribution in [0, 0.1) is 17.8 Å². The summed E-state index contributed by atoms with van der Waals surface area (Å²) in [5.74, 6) is -0.738. The summed E-state index contributed by atoms with van der Waals surface area (Å²) in [6.45, 7) is -1.64. The third kappa shape index (κ3) is 1.96. The molecule has 0 aromatic carbocycles. The minimum Gasteiger partial charge on any atom is -0.368 e. The number of ether oxygens (including phenoxy) is 2. The highest BCUT2D eigenvalue weighted by Gasteiger charge is 2.69. The fraction of sp³-hybridized carbons (Fsp3) is 0.909. The predicted molar refractivity (Wildman–Crippen MR) is 61.8 cm³/mol. The molecular weight excluding hydrogens is 314 g/mol. The summed E-state index contributed by atoms with van der Waals surface area (Å²) >= 11 is 0. The summed E-state index contributed by atoms with van der Waals surface area (Å²) in [7, 11) is -5.63. The fourth-order valence-electron chi connectivity index (χ4n) is 3.85. The third-order valence-electron chi connectivity index (χ3n) is 4.84. The Morgan fingerprint density at radius 3 is 2.57 bits per heavy atom. The van der Waals surface area contributed by atoms with Crippen molar-refractivity contribution >= 4 is 16.4 Å². The van der Waals surface area contributed by atoms with Gasteiger partial charge in [0.1, 0.15) is 6.61 Å². The first-order valence-corrected chi connectivity index (χ1v) is 7.85. The molecule has 1 saturated heterocycles. The number of hydrogen-bond acceptors (Lipinski definition) is 6. The van der Waals surface area contributed by atoms with E-state index < -0.39 is 45.9 Å². The number of aliphatic hydroxyl groups is 1. The molecule has 1 aliphatic heterocycles. The Kier molecular flexibility index (Phi) is 3.20. The molecule has 120 valence electrons. The van der Waals surface area contributed by atoms with Gasteiger partial charge in [-0.2, -0.15) is 17.2 Å². The first-order chi connectivity index (χ1) is 9.62. The van der Waals surface area contributed by atoms with E-state index in [0.29, 0.717) is 19.1 Å². The van der Waals surface area contributed by atoms with Crippen molar-refractivity contribution in [3.8, 4) is 0 Å². The maximum atomic E-state index is 13.3. The molecule has 0 aromatic heterocycles. The van der Waals surface area contributed by atoms with Crippen LogP contribution < -0.4 is 0 Å². The topological polar surface area (TPSA) is 110 Å². The maximum Gasteiger partial charge on any atom is 0.392 e. The molecule has 2 N–H and O–H groups in total. The Morgan fingerprint density at radius 2 is 2.00 bits per heavy atom. The summed E-state index contributed by atoms with van der Waals surface area (Å²) in [5.41, 5.74) is -1.70. The molecular formula is C11H14F2O7S. The molecule has 3 rings (SSSR count). The zero-order valence-corrected chi connectivity index (χ0v) is 11.5. The zero-order valence-electron chi connectivity index (χ0n) is 10.7. The molecule has 3 fully saturated rings. The van der Waals surface area contributed by atoms with Crippen LogP contribution >= 0.6 is 0 Å². The van der Waals surface area contributed by atoms with Crippen LogP contribution in [-0.4, -0.2) is 54.2 Å². The van der Waals surface area contributed by atoms with E-state index in [1.807, 2.05) is 0 Å². The van der Waals surface area contributed by atoms with Crippen LogP contribution in [-0.2, 0) is 24.4 Å². The normalized spacial score (nSPS) is 45.2. The highest BCUT2D eigenvalue weighted by atomic mass is 32.2. The summed E-state index contributed by atoms with van der Waals surface area (Å²) in [6, 6.07) is 0. The lowest BCUT2D eigenvalue weighted by molar-refractivity contribution is -0.189. The predicted octanol–water partition coefficient (Wildman–Crippen LogP) is -0.206. The average molecular weight is 328 g/mol. The fourth-order valence-corrected chi connectivity index (χ4v) is 4.06. The van der Waals surface area contributed by atoms with Crippen LogP contribution in [0.15, 0.2) is 0 Å². The minimum absolute atomic E-state index is 0.154. The Hall–Kier alpha value is -0.680. The van der Waals surface area contributed by atoms with Gasteiger partial charge < -0.3 is 19.4 Å². The molecule has 1 heterocycles. The van der Waals surface area contributed by atoms with Crippen molar-refractivity contribution in [2.75, 3.05) is 6.61 Å². The van der Waals surface area contributed by atoms with Gasteiger partial charge in [0.25, 0.3) is 0 Å². The van der Waals surface area contributed by atoms with Crippen LogP contribution in [0.1, 0.15) is 12.8 Å². The molecule has 0 amide bonds. The van der Waals surface area contributed by atoms with Crippen molar-refractivity contribution in [1.82, 2.24) is 0 Å². The number of halogens is 2. The average Bonchev–Trinajstić information content (AvgIpc) is 2.97. The van der Waals surface area contributed by atoms with E-state index in [0.717, 1.165) is 0 Å². The molecule has 0 aromatic rings. The second-order valence-electron chi connectivity index (χ2n) is 5.82. The number of aliphatic hydroxyl groups excluding tert-OH is 1. The van der Waals surface area contributed by atoms with E-state index in [-0.39, 0.29) is 11.8 Å². The zero-order chi connectivity index (χ0) is 15.6. The Balaban J connectivity index is 1.82. The lowest BCUT2D eigenvalue weighted by atomic mass is 9.79. The molecule has 2 aliphatic carbocycles. The molecule has 7 nitrogen and oxygen atoms in total. The van der Waals surface area contributed by atoms with Gasteiger partial charge >= 0.3 is 15.4 Å². The van der Waals surface area contributed by atoms with E-state index in [4.69, 9.17) is 14.0 Å². The summed E-state index contributed by atoms with van der Waals surface area (Å²) in [5, 5.41) is 5.19. The van der Waals surface area contributed by atoms with E-state index in [2.05, 4.69) is 0 Å². The van der Waals surface area contributed by atoms with Crippen LogP contribution in [0.2, 0.25) is 0 Å². The molecule has 2 bridgehead atoms. The largest absolute Gasteiger partial charge is 0.392 e. The van der Waals surface area contributed by atoms with Gasteiger partial charge in [-0.3, -0.25) is 4.55 Å². The summed E-state index contributed by atoms with van der Waals surface area (Å²) in [6.07, 6.45) is -0.721. The van der Waals surface area contributed by atoms with Gasteiger partial charge in [-0.25, -0.2) is 0 Å². The van der Waals surface area contributed by atoms with Gasteiger partial charge in [0.15, 0.2) is 18.2 Å².